The molecule has 0 bridgehead atoms. The summed E-state index contributed by atoms with van der Waals surface area (Å²) >= 11 is 3.32. The van der Waals surface area contributed by atoms with Crippen LogP contribution in [0.1, 0.15) is 6.42 Å². The maximum atomic E-state index is 11.9. The highest BCUT2D eigenvalue weighted by atomic mass is 79.9. The molecule has 4 N–H and O–H groups in total. The number of nitrogens with one attached hydrogen (secondary N) is 4. The van der Waals surface area contributed by atoms with Crippen LogP contribution in [-0.2, 0) is 19.1 Å². The standard InChI is InChI=1S/C15H19BrN4O4/c1-10(19-20-15(23)14(22)17-7-8-24-2)9-13(21)18-12-6-4-3-5-11(12)16/h3-6,19H,1,7-9H2,2H3,(H,17,22)(H,18,21)(H,20,23). The number of ether oxygens (including phenoxy) is 1. The number of carbonyl (C=O) groups is 3. The Kier molecular flexibility index (Phi) is 8.52. The van der Waals surface area contributed by atoms with Gasteiger partial charge in [0.25, 0.3) is 0 Å². The first-order valence-electron chi connectivity index (χ1n) is 6.99. The zero-order valence-corrected chi connectivity index (χ0v) is 14.7. The lowest BCUT2D eigenvalue weighted by Gasteiger charge is -2.12. The molecule has 0 heterocycles. The third kappa shape index (κ3) is 7.25. The number of amides is 3. The molecule has 9 heteroatoms. The highest BCUT2D eigenvalue weighted by Gasteiger charge is 2.13. The summed E-state index contributed by atoms with van der Waals surface area (Å²) in [6.45, 7) is 4.14. The average Bonchev–Trinajstić information content (AvgIpc) is 2.54. The Labute approximate surface area is 148 Å². The number of halogens is 1. The molecular formula is C15H19BrN4O4. The fourth-order valence-corrected chi connectivity index (χ4v) is 1.93. The number of methoxy groups -OCH3 is 1. The fraction of sp³-hybridized carbons (Fsp3) is 0.267. The monoisotopic (exact) mass is 398 g/mol. The largest absolute Gasteiger partial charge is 0.383 e. The summed E-state index contributed by atoms with van der Waals surface area (Å²) in [5.74, 6) is -2.03. The molecule has 0 fully saturated rings. The van der Waals surface area contributed by atoms with Crippen LogP contribution in [0.25, 0.3) is 0 Å². The summed E-state index contributed by atoms with van der Waals surface area (Å²) < 4.78 is 5.50. The Hall–Kier alpha value is -2.39. The van der Waals surface area contributed by atoms with Crippen molar-refractivity contribution in [3.63, 3.8) is 0 Å². The van der Waals surface area contributed by atoms with Crippen LogP contribution in [0.4, 0.5) is 5.69 Å². The van der Waals surface area contributed by atoms with Gasteiger partial charge in [0.15, 0.2) is 0 Å². The molecule has 0 saturated carbocycles. The van der Waals surface area contributed by atoms with E-state index in [0.717, 1.165) is 4.47 Å². The van der Waals surface area contributed by atoms with Crippen molar-refractivity contribution in [2.24, 2.45) is 0 Å². The Morgan fingerprint density at radius 3 is 2.54 bits per heavy atom. The minimum absolute atomic E-state index is 0.0765. The third-order valence-electron chi connectivity index (χ3n) is 2.67. The van der Waals surface area contributed by atoms with Gasteiger partial charge in [-0.3, -0.25) is 19.8 Å². The maximum Gasteiger partial charge on any atom is 0.327 e. The highest BCUT2D eigenvalue weighted by Crippen LogP contribution is 2.21. The number of hydrogen-bond donors (Lipinski definition) is 4. The van der Waals surface area contributed by atoms with Crippen LogP contribution in [0.15, 0.2) is 41.0 Å². The molecule has 24 heavy (non-hydrogen) atoms. The Morgan fingerprint density at radius 2 is 1.88 bits per heavy atom. The number of para-hydroxylation sites is 1. The van der Waals surface area contributed by atoms with E-state index < -0.39 is 11.8 Å². The van der Waals surface area contributed by atoms with Gasteiger partial charge in [0.1, 0.15) is 0 Å². The number of rotatable bonds is 8. The summed E-state index contributed by atoms with van der Waals surface area (Å²) in [6, 6.07) is 7.15. The molecule has 0 aliphatic rings. The predicted molar refractivity (Wildman–Crippen MR) is 92.7 cm³/mol. The topological polar surface area (TPSA) is 109 Å². The van der Waals surface area contributed by atoms with Gasteiger partial charge in [-0.2, -0.15) is 0 Å². The maximum absolute atomic E-state index is 11.9. The van der Waals surface area contributed by atoms with Gasteiger partial charge >= 0.3 is 11.8 Å². The van der Waals surface area contributed by atoms with Crippen molar-refractivity contribution in [2.75, 3.05) is 25.6 Å². The molecule has 0 saturated heterocycles. The van der Waals surface area contributed by atoms with E-state index in [1.165, 1.54) is 7.11 Å². The average molecular weight is 399 g/mol. The van der Waals surface area contributed by atoms with Gasteiger partial charge in [-0.05, 0) is 28.1 Å². The van der Waals surface area contributed by atoms with Crippen LogP contribution >= 0.6 is 15.9 Å². The van der Waals surface area contributed by atoms with E-state index in [0.29, 0.717) is 12.3 Å². The van der Waals surface area contributed by atoms with Crippen LogP contribution in [0.2, 0.25) is 0 Å². The number of carbonyl (C=O) groups excluding carboxylic acids is 3. The molecule has 0 atom stereocenters. The second kappa shape index (κ2) is 10.4. The van der Waals surface area contributed by atoms with Crippen LogP contribution in [0, 0.1) is 0 Å². The van der Waals surface area contributed by atoms with Crippen molar-refractivity contribution in [2.45, 2.75) is 6.42 Å². The fourth-order valence-electron chi connectivity index (χ4n) is 1.54. The van der Waals surface area contributed by atoms with E-state index in [1.54, 1.807) is 18.2 Å². The third-order valence-corrected chi connectivity index (χ3v) is 3.36. The van der Waals surface area contributed by atoms with Crippen LogP contribution in [-0.4, -0.2) is 38.0 Å². The summed E-state index contributed by atoms with van der Waals surface area (Å²) in [5.41, 5.74) is 5.44. The molecule has 0 unspecified atom stereocenters. The van der Waals surface area contributed by atoms with E-state index >= 15 is 0 Å². The molecule has 0 aliphatic heterocycles. The second-order valence-corrected chi connectivity index (χ2v) is 5.49. The summed E-state index contributed by atoms with van der Waals surface area (Å²) in [6.07, 6.45) is -0.0765. The number of benzene rings is 1. The smallest absolute Gasteiger partial charge is 0.327 e. The summed E-state index contributed by atoms with van der Waals surface area (Å²) in [7, 11) is 1.48. The van der Waals surface area contributed by atoms with Gasteiger partial charge in [-0.1, -0.05) is 18.7 Å². The Morgan fingerprint density at radius 1 is 1.17 bits per heavy atom. The first-order valence-corrected chi connectivity index (χ1v) is 7.78. The molecule has 8 nitrogen and oxygen atoms in total. The molecule has 0 radical (unpaired) electrons. The van der Waals surface area contributed by atoms with Crippen LogP contribution < -0.4 is 21.5 Å². The zero-order valence-electron chi connectivity index (χ0n) is 13.1. The summed E-state index contributed by atoms with van der Waals surface area (Å²) in [5, 5.41) is 5.05. The van der Waals surface area contributed by atoms with E-state index in [9.17, 15) is 14.4 Å². The van der Waals surface area contributed by atoms with Crippen molar-refractivity contribution in [1.82, 2.24) is 16.2 Å². The van der Waals surface area contributed by atoms with Crippen molar-refractivity contribution in [1.29, 1.82) is 0 Å². The highest BCUT2D eigenvalue weighted by molar-refractivity contribution is 9.10. The zero-order chi connectivity index (χ0) is 17.9. The molecule has 0 aromatic heterocycles. The van der Waals surface area contributed by atoms with Gasteiger partial charge in [-0.25, -0.2) is 0 Å². The minimum Gasteiger partial charge on any atom is -0.383 e. The Bertz CT molecular complexity index is 621. The van der Waals surface area contributed by atoms with E-state index in [-0.39, 0.29) is 24.6 Å². The molecular weight excluding hydrogens is 380 g/mol. The molecule has 130 valence electrons. The molecule has 1 aromatic carbocycles. The van der Waals surface area contributed by atoms with Gasteiger partial charge in [0.05, 0.1) is 18.7 Å². The van der Waals surface area contributed by atoms with Crippen molar-refractivity contribution < 1.29 is 19.1 Å². The van der Waals surface area contributed by atoms with Crippen molar-refractivity contribution in [3.8, 4) is 0 Å². The minimum atomic E-state index is -0.890. The first kappa shape index (κ1) is 19.7. The Balaban J connectivity index is 2.33. The van der Waals surface area contributed by atoms with E-state index in [1.807, 2.05) is 6.07 Å². The van der Waals surface area contributed by atoms with E-state index in [4.69, 9.17) is 4.74 Å². The first-order chi connectivity index (χ1) is 11.4. The van der Waals surface area contributed by atoms with E-state index in [2.05, 4.69) is 44.0 Å². The summed E-state index contributed by atoms with van der Waals surface area (Å²) in [4.78, 5) is 34.8. The second-order valence-electron chi connectivity index (χ2n) is 4.64. The normalized spacial score (nSPS) is 9.75. The molecule has 3 amide bonds. The van der Waals surface area contributed by atoms with Gasteiger partial charge in [0.2, 0.25) is 5.91 Å². The van der Waals surface area contributed by atoms with Gasteiger partial charge in [0, 0.05) is 23.8 Å². The van der Waals surface area contributed by atoms with Crippen LogP contribution in [0.3, 0.4) is 0 Å². The number of hydrogen-bond acceptors (Lipinski definition) is 5. The SMILES string of the molecule is C=C(CC(=O)Nc1ccccc1Br)NNC(=O)C(=O)NCCOC. The lowest BCUT2D eigenvalue weighted by atomic mass is 10.3. The quantitative estimate of drug-likeness (QED) is 0.292. The molecule has 1 rings (SSSR count). The predicted octanol–water partition coefficient (Wildman–Crippen LogP) is 0.675. The lowest BCUT2D eigenvalue weighted by molar-refractivity contribution is -0.139. The van der Waals surface area contributed by atoms with Gasteiger partial charge in [-0.15, -0.1) is 0 Å². The van der Waals surface area contributed by atoms with Crippen LogP contribution in [0.5, 0.6) is 0 Å². The van der Waals surface area contributed by atoms with Gasteiger partial charge < -0.3 is 20.8 Å². The van der Waals surface area contributed by atoms with Crippen molar-refractivity contribution in [3.05, 3.63) is 41.0 Å². The molecule has 0 spiro atoms. The number of hydrazine groups is 1. The molecule has 1 aromatic rings. The number of anilines is 1. The molecule has 0 aliphatic carbocycles. The lowest BCUT2D eigenvalue weighted by Crippen LogP contribution is -2.46. The van der Waals surface area contributed by atoms with Crippen molar-refractivity contribution >= 4 is 39.3 Å².